The van der Waals surface area contributed by atoms with Crippen molar-refractivity contribution in [1.82, 2.24) is 0 Å². The number of hydrogen-bond acceptors (Lipinski definition) is 1. The van der Waals surface area contributed by atoms with Gasteiger partial charge in [-0.25, -0.2) is 0 Å². The maximum atomic E-state index is 6.20. The molecule has 0 saturated carbocycles. The zero-order chi connectivity index (χ0) is 14.0. The van der Waals surface area contributed by atoms with Gasteiger partial charge in [0.1, 0.15) is 0 Å². The van der Waals surface area contributed by atoms with Gasteiger partial charge in [-0.15, -0.1) is 0 Å². The SMILES string of the molecule is CCC=C(C)C(=CCC)C(=CCC)C(N)=CCC. The molecule has 0 bridgehead atoms. The Morgan fingerprint density at radius 1 is 0.722 bits per heavy atom. The van der Waals surface area contributed by atoms with E-state index in [0.29, 0.717) is 0 Å². The van der Waals surface area contributed by atoms with Crippen molar-refractivity contribution in [3.05, 3.63) is 46.7 Å². The highest BCUT2D eigenvalue weighted by molar-refractivity contribution is 5.54. The van der Waals surface area contributed by atoms with Gasteiger partial charge in [0.2, 0.25) is 0 Å². The van der Waals surface area contributed by atoms with Crippen LogP contribution in [0.15, 0.2) is 46.7 Å². The van der Waals surface area contributed by atoms with Crippen LogP contribution < -0.4 is 5.73 Å². The summed E-state index contributed by atoms with van der Waals surface area (Å²) in [6.07, 6.45) is 13.0. The summed E-state index contributed by atoms with van der Waals surface area (Å²) in [6, 6.07) is 0. The fourth-order valence-electron chi connectivity index (χ4n) is 2.02. The highest BCUT2D eigenvalue weighted by Crippen LogP contribution is 2.25. The Kier molecular flexibility index (Phi) is 9.08. The number of hydrogen-bond donors (Lipinski definition) is 1. The summed E-state index contributed by atoms with van der Waals surface area (Å²) in [5, 5.41) is 0. The van der Waals surface area contributed by atoms with Gasteiger partial charge in [-0.1, -0.05) is 52.0 Å². The first kappa shape index (κ1) is 16.8. The Labute approximate surface area is 113 Å². The van der Waals surface area contributed by atoms with Crippen LogP contribution in [-0.4, -0.2) is 0 Å². The highest BCUT2D eigenvalue weighted by Gasteiger charge is 2.08. The van der Waals surface area contributed by atoms with E-state index in [1.165, 1.54) is 16.7 Å². The van der Waals surface area contributed by atoms with Gasteiger partial charge in [0, 0.05) is 11.3 Å². The van der Waals surface area contributed by atoms with Crippen LogP contribution in [0.4, 0.5) is 0 Å². The summed E-state index contributed by atoms with van der Waals surface area (Å²) < 4.78 is 0. The minimum absolute atomic E-state index is 0.905. The minimum Gasteiger partial charge on any atom is -0.398 e. The molecular weight excluding hydrogens is 218 g/mol. The van der Waals surface area contributed by atoms with Gasteiger partial charge >= 0.3 is 0 Å². The van der Waals surface area contributed by atoms with Crippen LogP contribution in [0.1, 0.15) is 60.3 Å². The van der Waals surface area contributed by atoms with Crippen molar-refractivity contribution < 1.29 is 0 Å². The number of rotatable bonds is 7. The van der Waals surface area contributed by atoms with E-state index in [4.69, 9.17) is 5.73 Å². The predicted molar refractivity (Wildman–Crippen MR) is 83.4 cm³/mol. The van der Waals surface area contributed by atoms with Gasteiger partial charge in [-0.2, -0.15) is 0 Å². The van der Waals surface area contributed by atoms with E-state index in [1.807, 2.05) is 0 Å². The monoisotopic (exact) mass is 247 g/mol. The molecule has 0 spiro atoms. The third-order valence-electron chi connectivity index (χ3n) is 2.78. The standard InChI is InChI=1S/C17H29N/c1-6-10-14(5)15(11-7-2)16(12-8-3)17(18)13-9-4/h10-13H,6-9,18H2,1-5H3. The van der Waals surface area contributed by atoms with Crippen molar-refractivity contribution >= 4 is 0 Å². The Hall–Kier alpha value is -1.24. The van der Waals surface area contributed by atoms with Crippen LogP contribution in [0.25, 0.3) is 0 Å². The maximum absolute atomic E-state index is 6.20. The second-order valence-corrected chi connectivity index (χ2v) is 4.42. The molecule has 1 heteroatoms. The van der Waals surface area contributed by atoms with E-state index >= 15 is 0 Å². The lowest BCUT2D eigenvalue weighted by Gasteiger charge is -2.14. The van der Waals surface area contributed by atoms with E-state index in [2.05, 4.69) is 58.9 Å². The maximum Gasteiger partial charge on any atom is 0.0349 e. The van der Waals surface area contributed by atoms with E-state index < -0.39 is 0 Å². The van der Waals surface area contributed by atoms with Crippen LogP contribution in [0.5, 0.6) is 0 Å². The molecule has 0 rings (SSSR count). The first-order valence-corrected chi connectivity index (χ1v) is 7.15. The third-order valence-corrected chi connectivity index (χ3v) is 2.78. The zero-order valence-electron chi connectivity index (χ0n) is 12.7. The van der Waals surface area contributed by atoms with Gasteiger partial charge in [-0.3, -0.25) is 0 Å². The average Bonchev–Trinajstić information content (AvgIpc) is 2.34. The molecular formula is C17H29N. The lowest BCUT2D eigenvalue weighted by Crippen LogP contribution is -2.05. The van der Waals surface area contributed by atoms with Crippen LogP contribution in [0.3, 0.4) is 0 Å². The topological polar surface area (TPSA) is 26.0 Å². The van der Waals surface area contributed by atoms with Crippen LogP contribution in [0, 0.1) is 0 Å². The van der Waals surface area contributed by atoms with Crippen molar-refractivity contribution in [2.75, 3.05) is 0 Å². The Balaban J connectivity index is 5.55. The molecule has 0 fully saturated rings. The zero-order valence-corrected chi connectivity index (χ0v) is 12.7. The fraction of sp³-hybridized carbons (Fsp3) is 0.529. The van der Waals surface area contributed by atoms with Crippen LogP contribution in [0.2, 0.25) is 0 Å². The molecule has 0 unspecified atom stereocenters. The quantitative estimate of drug-likeness (QED) is 0.609. The molecule has 0 aromatic carbocycles. The first-order chi connectivity index (χ1) is 8.62. The summed E-state index contributed by atoms with van der Waals surface area (Å²) in [5.74, 6) is 0. The molecule has 0 aliphatic carbocycles. The van der Waals surface area contributed by atoms with Gasteiger partial charge in [0.15, 0.2) is 0 Å². The van der Waals surface area contributed by atoms with Crippen molar-refractivity contribution in [3.8, 4) is 0 Å². The smallest absolute Gasteiger partial charge is 0.0349 e. The number of nitrogens with two attached hydrogens (primary N) is 1. The first-order valence-electron chi connectivity index (χ1n) is 7.15. The molecule has 0 atom stereocenters. The molecule has 102 valence electrons. The van der Waals surface area contributed by atoms with Gasteiger partial charge in [0.05, 0.1) is 0 Å². The minimum atomic E-state index is 0.905. The summed E-state index contributed by atoms with van der Waals surface area (Å²) in [7, 11) is 0. The molecule has 0 aliphatic rings. The molecule has 0 aromatic rings. The normalized spacial score (nSPS) is 15.2. The van der Waals surface area contributed by atoms with Crippen molar-refractivity contribution in [1.29, 1.82) is 0 Å². The van der Waals surface area contributed by atoms with Gasteiger partial charge in [0.25, 0.3) is 0 Å². The summed E-state index contributed by atoms with van der Waals surface area (Å²) in [6.45, 7) is 10.8. The van der Waals surface area contributed by atoms with Gasteiger partial charge < -0.3 is 5.73 Å². The molecule has 0 saturated heterocycles. The molecule has 2 N–H and O–H groups in total. The van der Waals surface area contributed by atoms with Crippen molar-refractivity contribution in [2.24, 2.45) is 5.73 Å². The third kappa shape index (κ3) is 5.39. The fourth-order valence-corrected chi connectivity index (χ4v) is 2.02. The predicted octanol–water partition coefficient (Wildman–Crippen LogP) is 5.27. The van der Waals surface area contributed by atoms with Crippen molar-refractivity contribution in [3.63, 3.8) is 0 Å². The molecule has 0 aromatic heterocycles. The molecule has 0 radical (unpaired) electrons. The molecule has 18 heavy (non-hydrogen) atoms. The Morgan fingerprint density at radius 2 is 1.17 bits per heavy atom. The lowest BCUT2D eigenvalue weighted by atomic mass is 9.93. The average molecular weight is 247 g/mol. The largest absolute Gasteiger partial charge is 0.398 e. The molecule has 0 aliphatic heterocycles. The Bertz CT molecular complexity index is 318. The lowest BCUT2D eigenvalue weighted by molar-refractivity contribution is 1.10. The summed E-state index contributed by atoms with van der Waals surface area (Å²) in [4.78, 5) is 0. The van der Waals surface area contributed by atoms with E-state index in [9.17, 15) is 0 Å². The number of allylic oxidation sites excluding steroid dienone is 6. The van der Waals surface area contributed by atoms with Crippen molar-refractivity contribution in [2.45, 2.75) is 60.3 Å². The van der Waals surface area contributed by atoms with E-state index in [-0.39, 0.29) is 0 Å². The Morgan fingerprint density at radius 3 is 1.61 bits per heavy atom. The molecule has 0 heterocycles. The van der Waals surface area contributed by atoms with E-state index in [1.54, 1.807) is 0 Å². The van der Waals surface area contributed by atoms with Crippen LogP contribution >= 0.6 is 0 Å². The summed E-state index contributed by atoms with van der Waals surface area (Å²) in [5.41, 5.74) is 10.9. The summed E-state index contributed by atoms with van der Waals surface area (Å²) >= 11 is 0. The van der Waals surface area contributed by atoms with Crippen LogP contribution in [-0.2, 0) is 0 Å². The van der Waals surface area contributed by atoms with E-state index in [0.717, 1.165) is 31.4 Å². The highest BCUT2D eigenvalue weighted by atomic mass is 14.6. The van der Waals surface area contributed by atoms with Gasteiger partial charge in [-0.05, 0) is 43.8 Å². The molecule has 1 nitrogen and oxygen atoms in total. The second-order valence-electron chi connectivity index (χ2n) is 4.42. The second kappa shape index (κ2) is 9.76. The molecule has 0 amide bonds.